The maximum atomic E-state index is 12.1. The normalized spacial score (nSPS) is 10.5. The number of amides is 1. The molecule has 0 aliphatic rings. The number of rotatable bonds is 6. The van der Waals surface area contributed by atoms with Gasteiger partial charge in [-0.05, 0) is 35.9 Å². The number of benzene rings is 2. The Bertz CT molecular complexity index is 879. The number of ether oxygens (including phenoxy) is 1. The Kier molecular flexibility index (Phi) is 5.30. The summed E-state index contributed by atoms with van der Waals surface area (Å²) in [7, 11) is 1.59. The topological polar surface area (TPSA) is 77.2 Å². The van der Waals surface area contributed by atoms with Gasteiger partial charge in [0.2, 0.25) is 5.91 Å². The summed E-state index contributed by atoms with van der Waals surface area (Å²) < 4.78 is 10.3. The van der Waals surface area contributed by atoms with Gasteiger partial charge in [-0.15, -0.1) is 0 Å². The molecule has 0 bridgehead atoms. The second-order valence-electron chi connectivity index (χ2n) is 5.33. The molecule has 0 aliphatic carbocycles. The highest BCUT2D eigenvalue weighted by Gasteiger charge is 2.11. The lowest BCUT2D eigenvalue weighted by atomic mass is 10.1. The average Bonchev–Trinajstić information content (AvgIpc) is 3.09. The maximum Gasteiger partial charge on any atom is 0.258 e. The summed E-state index contributed by atoms with van der Waals surface area (Å²) >= 11 is 5.95. The molecule has 128 valence electrons. The number of aromatic nitrogens is 2. The zero-order chi connectivity index (χ0) is 17.6. The van der Waals surface area contributed by atoms with Crippen LogP contribution in [0.15, 0.2) is 53.1 Å². The molecule has 0 saturated heterocycles. The first-order valence-corrected chi connectivity index (χ1v) is 8.00. The van der Waals surface area contributed by atoms with E-state index in [2.05, 4.69) is 15.5 Å². The summed E-state index contributed by atoms with van der Waals surface area (Å²) in [6, 6.07) is 14.5. The minimum absolute atomic E-state index is 0.137. The van der Waals surface area contributed by atoms with E-state index in [4.69, 9.17) is 20.9 Å². The predicted octanol–water partition coefficient (Wildman–Crippen LogP) is 3.26. The van der Waals surface area contributed by atoms with Crippen LogP contribution in [-0.2, 0) is 17.8 Å². The molecular weight excluding hydrogens is 342 g/mol. The number of nitrogens with zero attached hydrogens (tertiary/aromatic N) is 2. The monoisotopic (exact) mass is 357 g/mol. The van der Waals surface area contributed by atoms with Crippen molar-refractivity contribution in [1.82, 2.24) is 15.5 Å². The average molecular weight is 358 g/mol. The minimum Gasteiger partial charge on any atom is -0.497 e. The number of methoxy groups -OCH3 is 1. The van der Waals surface area contributed by atoms with E-state index < -0.39 is 0 Å². The van der Waals surface area contributed by atoms with Gasteiger partial charge in [-0.1, -0.05) is 35.0 Å². The molecule has 0 saturated carbocycles. The number of nitrogens with one attached hydrogen (secondary N) is 1. The van der Waals surface area contributed by atoms with E-state index in [0.717, 1.165) is 16.9 Å². The number of halogens is 1. The van der Waals surface area contributed by atoms with Gasteiger partial charge in [0.25, 0.3) is 5.89 Å². The van der Waals surface area contributed by atoms with E-state index in [1.807, 2.05) is 30.3 Å². The molecule has 2 aromatic carbocycles. The fourth-order valence-electron chi connectivity index (χ4n) is 2.27. The van der Waals surface area contributed by atoms with E-state index in [-0.39, 0.29) is 18.9 Å². The molecule has 25 heavy (non-hydrogen) atoms. The van der Waals surface area contributed by atoms with Crippen LogP contribution in [0.4, 0.5) is 0 Å². The van der Waals surface area contributed by atoms with Crippen LogP contribution in [0.1, 0.15) is 11.4 Å². The second-order valence-corrected chi connectivity index (χ2v) is 5.77. The summed E-state index contributed by atoms with van der Waals surface area (Å²) in [6.07, 6.45) is 0.246. The molecule has 1 N–H and O–H groups in total. The Morgan fingerprint density at radius 1 is 1.24 bits per heavy atom. The van der Waals surface area contributed by atoms with Gasteiger partial charge in [-0.3, -0.25) is 4.79 Å². The first-order valence-electron chi connectivity index (χ1n) is 7.62. The van der Waals surface area contributed by atoms with Crippen LogP contribution in [0.2, 0.25) is 5.02 Å². The highest BCUT2D eigenvalue weighted by atomic mass is 35.5. The van der Waals surface area contributed by atoms with E-state index in [1.54, 1.807) is 25.3 Å². The number of hydrogen-bond acceptors (Lipinski definition) is 5. The second kappa shape index (κ2) is 7.81. The maximum absolute atomic E-state index is 12.1. The Balaban J connectivity index is 1.57. The summed E-state index contributed by atoms with van der Waals surface area (Å²) in [5.74, 6) is 1.34. The lowest BCUT2D eigenvalue weighted by molar-refractivity contribution is -0.120. The van der Waals surface area contributed by atoms with Gasteiger partial charge >= 0.3 is 0 Å². The Morgan fingerprint density at radius 3 is 2.88 bits per heavy atom. The molecule has 0 unspecified atom stereocenters. The standard InChI is InChI=1S/C18H16ClN3O3/c1-24-15-7-2-4-12(8-15)9-17(23)20-11-16-21-18(25-22-16)13-5-3-6-14(19)10-13/h2-8,10H,9,11H2,1H3,(H,20,23). The molecule has 7 heteroatoms. The lowest BCUT2D eigenvalue weighted by Gasteiger charge is -2.05. The van der Waals surface area contributed by atoms with Crippen molar-refractivity contribution in [1.29, 1.82) is 0 Å². The SMILES string of the molecule is COc1cccc(CC(=O)NCc2noc(-c3cccc(Cl)c3)n2)c1. The molecule has 3 rings (SSSR count). The highest BCUT2D eigenvalue weighted by Crippen LogP contribution is 2.20. The zero-order valence-electron chi connectivity index (χ0n) is 13.5. The van der Waals surface area contributed by atoms with Crippen molar-refractivity contribution >= 4 is 17.5 Å². The predicted molar refractivity (Wildman–Crippen MR) is 93.3 cm³/mol. The van der Waals surface area contributed by atoms with Crippen molar-refractivity contribution in [3.63, 3.8) is 0 Å². The minimum atomic E-state index is -0.137. The fourth-order valence-corrected chi connectivity index (χ4v) is 2.46. The Hall–Kier alpha value is -2.86. The molecule has 1 heterocycles. The largest absolute Gasteiger partial charge is 0.497 e. The molecule has 6 nitrogen and oxygen atoms in total. The first-order chi connectivity index (χ1) is 12.1. The summed E-state index contributed by atoms with van der Waals surface area (Å²) in [4.78, 5) is 16.3. The van der Waals surface area contributed by atoms with Crippen LogP contribution in [0.25, 0.3) is 11.5 Å². The molecular formula is C18H16ClN3O3. The van der Waals surface area contributed by atoms with Gasteiger partial charge in [0.05, 0.1) is 20.1 Å². The quantitative estimate of drug-likeness (QED) is 0.732. The van der Waals surface area contributed by atoms with E-state index in [1.165, 1.54) is 0 Å². The molecule has 0 aliphatic heterocycles. The molecule has 3 aromatic rings. The first kappa shape index (κ1) is 17.0. The summed E-state index contributed by atoms with van der Waals surface area (Å²) in [5.41, 5.74) is 1.60. The Morgan fingerprint density at radius 2 is 2.08 bits per heavy atom. The van der Waals surface area contributed by atoms with Crippen LogP contribution < -0.4 is 10.1 Å². The van der Waals surface area contributed by atoms with Crippen LogP contribution in [0, 0.1) is 0 Å². The highest BCUT2D eigenvalue weighted by molar-refractivity contribution is 6.30. The van der Waals surface area contributed by atoms with Gasteiger partial charge in [-0.25, -0.2) is 0 Å². The van der Waals surface area contributed by atoms with Crippen molar-refractivity contribution in [3.05, 3.63) is 64.9 Å². The van der Waals surface area contributed by atoms with Crippen LogP contribution >= 0.6 is 11.6 Å². The smallest absolute Gasteiger partial charge is 0.258 e. The molecule has 0 atom stereocenters. The van der Waals surface area contributed by atoms with E-state index >= 15 is 0 Å². The van der Waals surface area contributed by atoms with Gasteiger partial charge < -0.3 is 14.6 Å². The number of hydrogen-bond donors (Lipinski definition) is 1. The van der Waals surface area contributed by atoms with Gasteiger partial charge in [0.1, 0.15) is 5.75 Å². The van der Waals surface area contributed by atoms with Gasteiger partial charge in [0.15, 0.2) is 5.82 Å². The van der Waals surface area contributed by atoms with Crippen molar-refractivity contribution in [2.75, 3.05) is 7.11 Å². The zero-order valence-corrected chi connectivity index (χ0v) is 14.3. The molecule has 1 aromatic heterocycles. The lowest BCUT2D eigenvalue weighted by Crippen LogP contribution is -2.25. The third-order valence-corrected chi connectivity index (χ3v) is 3.72. The van der Waals surface area contributed by atoms with Crippen molar-refractivity contribution in [2.24, 2.45) is 0 Å². The molecule has 0 fully saturated rings. The van der Waals surface area contributed by atoms with Crippen molar-refractivity contribution < 1.29 is 14.1 Å². The molecule has 0 radical (unpaired) electrons. The fraction of sp³-hybridized carbons (Fsp3) is 0.167. The molecule has 0 spiro atoms. The van der Waals surface area contributed by atoms with Crippen molar-refractivity contribution in [2.45, 2.75) is 13.0 Å². The number of carbonyl (C=O) groups excluding carboxylic acids is 1. The van der Waals surface area contributed by atoms with Gasteiger partial charge in [-0.2, -0.15) is 4.98 Å². The third kappa shape index (κ3) is 4.58. The van der Waals surface area contributed by atoms with Crippen molar-refractivity contribution in [3.8, 4) is 17.2 Å². The third-order valence-electron chi connectivity index (χ3n) is 3.48. The summed E-state index contributed by atoms with van der Waals surface area (Å²) in [6.45, 7) is 0.187. The van der Waals surface area contributed by atoms with Crippen LogP contribution in [0.3, 0.4) is 0 Å². The van der Waals surface area contributed by atoms with E-state index in [9.17, 15) is 4.79 Å². The van der Waals surface area contributed by atoms with Crippen LogP contribution in [0.5, 0.6) is 5.75 Å². The molecule has 1 amide bonds. The van der Waals surface area contributed by atoms with Gasteiger partial charge in [0, 0.05) is 10.6 Å². The Labute approximate surface area is 149 Å². The van der Waals surface area contributed by atoms with Crippen LogP contribution in [-0.4, -0.2) is 23.2 Å². The van der Waals surface area contributed by atoms with E-state index in [0.29, 0.717) is 16.7 Å². The summed E-state index contributed by atoms with van der Waals surface area (Å²) in [5, 5.41) is 7.22. The number of carbonyl (C=O) groups is 1.